The second-order valence-corrected chi connectivity index (χ2v) is 11.6. The molecule has 0 saturated heterocycles. The van der Waals surface area contributed by atoms with Crippen LogP contribution in [-0.2, 0) is 14.1 Å². The molecule has 124 valence electrons. The predicted octanol–water partition coefficient (Wildman–Crippen LogP) is 3.91. The van der Waals surface area contributed by atoms with Gasteiger partial charge in [0.05, 0.1) is 7.11 Å². The fourth-order valence-electron chi connectivity index (χ4n) is 1.63. The van der Waals surface area contributed by atoms with Gasteiger partial charge in [-0.2, -0.15) is 0 Å². The molecule has 0 saturated carbocycles. The highest BCUT2D eigenvalue weighted by atomic mass is 28.4. The van der Waals surface area contributed by atoms with Crippen LogP contribution in [0.15, 0.2) is 24.3 Å². The molecule has 1 unspecified atom stereocenters. The van der Waals surface area contributed by atoms with E-state index >= 15 is 0 Å². The van der Waals surface area contributed by atoms with Crippen molar-refractivity contribution in [3.8, 4) is 0 Å². The summed E-state index contributed by atoms with van der Waals surface area (Å²) < 4.78 is 19.4. The standard InChI is InChI=1S/C16H26FNO3Si/c1-16(2,3)22(6,7)21-14(15(19)18(4)20-5)12-8-10-13(17)11-9-12/h8-11,14H,1-7H3. The molecule has 1 amide bonds. The summed E-state index contributed by atoms with van der Waals surface area (Å²) in [7, 11) is 0.776. The summed E-state index contributed by atoms with van der Waals surface area (Å²) in [4.78, 5) is 17.6. The highest BCUT2D eigenvalue weighted by molar-refractivity contribution is 6.74. The first-order chi connectivity index (χ1) is 9.99. The Morgan fingerprint density at radius 2 is 1.73 bits per heavy atom. The Labute approximate surface area is 133 Å². The number of nitrogens with zero attached hydrogens (tertiary/aromatic N) is 1. The van der Waals surface area contributed by atoms with Crippen LogP contribution in [0.2, 0.25) is 18.1 Å². The molecule has 0 fully saturated rings. The van der Waals surface area contributed by atoms with E-state index in [9.17, 15) is 9.18 Å². The SMILES string of the molecule is CON(C)C(=O)C(O[Si](C)(C)C(C)(C)C)c1ccc(F)cc1. The molecule has 0 aliphatic heterocycles. The molecular formula is C16H26FNO3Si. The van der Waals surface area contributed by atoms with Gasteiger partial charge >= 0.3 is 0 Å². The Balaban J connectivity index is 3.18. The van der Waals surface area contributed by atoms with Crippen molar-refractivity contribution in [2.75, 3.05) is 14.2 Å². The van der Waals surface area contributed by atoms with Crippen LogP contribution >= 0.6 is 0 Å². The summed E-state index contributed by atoms with van der Waals surface area (Å²) in [5.74, 6) is -0.652. The van der Waals surface area contributed by atoms with Gasteiger partial charge in [0, 0.05) is 7.05 Å². The van der Waals surface area contributed by atoms with E-state index in [1.165, 1.54) is 26.3 Å². The third kappa shape index (κ3) is 4.38. The molecule has 0 aromatic heterocycles. The maximum Gasteiger partial charge on any atom is 0.278 e. The van der Waals surface area contributed by atoms with E-state index in [1.807, 2.05) is 0 Å². The number of rotatable bonds is 5. The number of carbonyl (C=O) groups excluding carboxylic acids is 1. The normalized spacial score (nSPS) is 13.8. The molecule has 0 bridgehead atoms. The Morgan fingerprint density at radius 3 is 2.14 bits per heavy atom. The van der Waals surface area contributed by atoms with E-state index in [4.69, 9.17) is 9.26 Å². The number of likely N-dealkylation sites (N-methyl/N-ethyl adjacent to an activating group) is 1. The molecule has 1 atom stereocenters. The minimum Gasteiger partial charge on any atom is -0.401 e. The lowest BCUT2D eigenvalue weighted by atomic mass is 10.1. The molecular weight excluding hydrogens is 301 g/mol. The highest BCUT2D eigenvalue weighted by Gasteiger charge is 2.41. The topological polar surface area (TPSA) is 38.8 Å². The summed E-state index contributed by atoms with van der Waals surface area (Å²) in [6.45, 7) is 10.5. The maximum atomic E-state index is 13.2. The van der Waals surface area contributed by atoms with Crippen molar-refractivity contribution in [1.29, 1.82) is 0 Å². The average Bonchev–Trinajstić information content (AvgIpc) is 2.43. The number of benzene rings is 1. The van der Waals surface area contributed by atoms with Crippen molar-refractivity contribution >= 4 is 14.2 Å². The summed E-state index contributed by atoms with van der Waals surface area (Å²) in [6.07, 6.45) is -0.800. The molecule has 1 aromatic carbocycles. The van der Waals surface area contributed by atoms with Gasteiger partial charge in [-0.15, -0.1) is 0 Å². The molecule has 0 heterocycles. The van der Waals surface area contributed by atoms with Crippen molar-refractivity contribution in [2.45, 2.75) is 45.0 Å². The Hall–Kier alpha value is -1.24. The highest BCUT2D eigenvalue weighted by Crippen LogP contribution is 2.40. The average molecular weight is 327 g/mol. The first kappa shape index (κ1) is 18.8. The number of amides is 1. The summed E-state index contributed by atoms with van der Waals surface area (Å²) in [5, 5.41) is 1.10. The number of hydroxylamine groups is 2. The molecule has 4 nitrogen and oxygen atoms in total. The van der Waals surface area contributed by atoms with Gasteiger partial charge in [0.2, 0.25) is 0 Å². The second kappa shape index (κ2) is 6.89. The van der Waals surface area contributed by atoms with Crippen LogP contribution in [0.5, 0.6) is 0 Å². The van der Waals surface area contributed by atoms with Gasteiger partial charge in [0.1, 0.15) is 5.82 Å². The van der Waals surface area contributed by atoms with Gasteiger partial charge in [0.25, 0.3) is 5.91 Å². The fraction of sp³-hybridized carbons (Fsp3) is 0.562. The zero-order chi connectivity index (χ0) is 17.1. The molecule has 1 aromatic rings. The van der Waals surface area contributed by atoms with Crippen molar-refractivity contribution in [3.05, 3.63) is 35.6 Å². The van der Waals surface area contributed by atoms with E-state index in [0.29, 0.717) is 5.56 Å². The van der Waals surface area contributed by atoms with E-state index in [2.05, 4.69) is 33.9 Å². The fourth-order valence-corrected chi connectivity index (χ4v) is 2.80. The van der Waals surface area contributed by atoms with Crippen LogP contribution in [0.1, 0.15) is 32.4 Å². The minimum absolute atomic E-state index is 0.0444. The molecule has 0 N–H and O–H groups in total. The zero-order valence-corrected chi connectivity index (χ0v) is 15.4. The number of hydrogen-bond donors (Lipinski definition) is 0. The maximum absolute atomic E-state index is 13.2. The number of hydrogen-bond acceptors (Lipinski definition) is 3. The minimum atomic E-state index is -2.18. The Kier molecular flexibility index (Phi) is 5.89. The molecule has 22 heavy (non-hydrogen) atoms. The van der Waals surface area contributed by atoms with E-state index in [1.54, 1.807) is 12.1 Å². The van der Waals surface area contributed by atoms with Crippen LogP contribution in [0.4, 0.5) is 4.39 Å². The lowest BCUT2D eigenvalue weighted by Crippen LogP contribution is -2.45. The van der Waals surface area contributed by atoms with Crippen LogP contribution in [-0.4, -0.2) is 33.4 Å². The lowest BCUT2D eigenvalue weighted by molar-refractivity contribution is -0.177. The number of carbonyl (C=O) groups is 1. The summed E-state index contributed by atoms with van der Waals surface area (Å²) in [6, 6.07) is 5.82. The van der Waals surface area contributed by atoms with E-state index < -0.39 is 14.4 Å². The van der Waals surface area contributed by atoms with Crippen molar-refractivity contribution in [1.82, 2.24) is 5.06 Å². The van der Waals surface area contributed by atoms with Crippen molar-refractivity contribution < 1.29 is 18.4 Å². The monoisotopic (exact) mass is 327 g/mol. The van der Waals surface area contributed by atoms with Gasteiger partial charge in [-0.1, -0.05) is 32.9 Å². The molecule has 6 heteroatoms. The first-order valence-corrected chi connectivity index (χ1v) is 10.2. The van der Waals surface area contributed by atoms with E-state index in [0.717, 1.165) is 5.06 Å². The van der Waals surface area contributed by atoms with Crippen LogP contribution in [0.3, 0.4) is 0 Å². The van der Waals surface area contributed by atoms with Gasteiger partial charge in [-0.3, -0.25) is 9.63 Å². The lowest BCUT2D eigenvalue weighted by Gasteiger charge is -2.39. The molecule has 0 aliphatic carbocycles. The molecule has 0 radical (unpaired) electrons. The zero-order valence-electron chi connectivity index (χ0n) is 14.4. The van der Waals surface area contributed by atoms with Crippen LogP contribution in [0, 0.1) is 5.82 Å². The van der Waals surface area contributed by atoms with Gasteiger partial charge in [-0.25, -0.2) is 9.45 Å². The predicted molar refractivity (Wildman–Crippen MR) is 87.2 cm³/mol. The third-order valence-electron chi connectivity index (χ3n) is 4.20. The first-order valence-electron chi connectivity index (χ1n) is 7.24. The second-order valence-electron chi connectivity index (χ2n) is 6.83. The summed E-state index contributed by atoms with van der Waals surface area (Å²) in [5.41, 5.74) is 0.625. The largest absolute Gasteiger partial charge is 0.401 e. The van der Waals surface area contributed by atoms with Gasteiger partial charge in [0.15, 0.2) is 14.4 Å². The molecule has 1 rings (SSSR count). The summed E-state index contributed by atoms with van der Waals surface area (Å²) >= 11 is 0. The molecule has 0 spiro atoms. The van der Waals surface area contributed by atoms with Crippen LogP contribution in [0.25, 0.3) is 0 Å². The Morgan fingerprint density at radius 1 is 1.23 bits per heavy atom. The van der Waals surface area contributed by atoms with Crippen LogP contribution < -0.4 is 0 Å². The number of halogens is 1. The molecule has 0 aliphatic rings. The smallest absolute Gasteiger partial charge is 0.278 e. The van der Waals surface area contributed by atoms with E-state index in [-0.39, 0.29) is 16.8 Å². The Bertz CT molecular complexity index is 511. The quantitative estimate of drug-likeness (QED) is 0.608. The third-order valence-corrected chi connectivity index (χ3v) is 8.64. The van der Waals surface area contributed by atoms with Crippen molar-refractivity contribution in [3.63, 3.8) is 0 Å². The van der Waals surface area contributed by atoms with Gasteiger partial charge < -0.3 is 4.43 Å². The van der Waals surface area contributed by atoms with Crippen molar-refractivity contribution in [2.24, 2.45) is 0 Å². The van der Waals surface area contributed by atoms with Gasteiger partial charge in [-0.05, 0) is 35.8 Å².